The molecule has 0 amide bonds. The van der Waals surface area contributed by atoms with Crippen LogP contribution in [0.1, 0.15) is 25.5 Å². The fourth-order valence-electron chi connectivity index (χ4n) is 1.91. The maximum Gasteiger partial charge on any atom is 0.416 e. The molecule has 1 aliphatic rings. The molecular weight excluding hydrogens is 259 g/mol. The average Bonchev–Trinajstić information content (AvgIpc) is 2.38. The normalized spacial score (nSPS) is 20.9. The zero-order valence-electron chi connectivity index (χ0n) is 10.8. The summed E-state index contributed by atoms with van der Waals surface area (Å²) in [7, 11) is 0. The lowest BCUT2D eigenvalue weighted by Crippen LogP contribution is -2.49. The van der Waals surface area contributed by atoms with Crippen molar-refractivity contribution in [3.63, 3.8) is 0 Å². The molecule has 1 aromatic heterocycles. The Morgan fingerprint density at radius 3 is 2.74 bits per heavy atom. The van der Waals surface area contributed by atoms with E-state index in [1.54, 1.807) is 11.0 Å². The van der Waals surface area contributed by atoms with E-state index < -0.39 is 12.3 Å². The highest BCUT2D eigenvalue weighted by Crippen LogP contribution is 2.27. The largest absolute Gasteiger partial charge is 0.416 e. The van der Waals surface area contributed by atoms with Gasteiger partial charge in [-0.1, -0.05) is 13.8 Å². The van der Waals surface area contributed by atoms with Crippen LogP contribution in [0.15, 0.2) is 12.4 Å². The number of hydrogen-bond donors (Lipinski definition) is 0. The Kier molecular flexibility index (Phi) is 3.93. The number of nitrogens with zero attached hydrogens (tertiary/aromatic N) is 3. The standard InChI is InChI=1S/C12H16F3N3O/c1-8(2)9-5-11(17-7-16-9)18-3-4-19-10(6-18)12(13,14)15/h5,7-8,10H,3-4,6H2,1-2H3. The highest BCUT2D eigenvalue weighted by molar-refractivity contribution is 5.40. The molecule has 0 spiro atoms. The van der Waals surface area contributed by atoms with Gasteiger partial charge in [0, 0.05) is 18.3 Å². The van der Waals surface area contributed by atoms with Crippen molar-refractivity contribution in [1.82, 2.24) is 9.97 Å². The van der Waals surface area contributed by atoms with Gasteiger partial charge in [-0.25, -0.2) is 9.97 Å². The number of ether oxygens (including phenoxy) is 1. The van der Waals surface area contributed by atoms with E-state index in [0.29, 0.717) is 12.4 Å². The Hall–Kier alpha value is -1.37. The van der Waals surface area contributed by atoms with E-state index in [0.717, 1.165) is 5.69 Å². The first-order valence-corrected chi connectivity index (χ1v) is 6.13. The number of anilines is 1. The molecule has 0 radical (unpaired) electrons. The third-order valence-corrected chi connectivity index (χ3v) is 3.02. The fourth-order valence-corrected chi connectivity index (χ4v) is 1.91. The Balaban J connectivity index is 2.15. The van der Waals surface area contributed by atoms with Crippen LogP contribution in [0.2, 0.25) is 0 Å². The van der Waals surface area contributed by atoms with Crippen molar-refractivity contribution in [1.29, 1.82) is 0 Å². The molecule has 1 atom stereocenters. The molecule has 2 heterocycles. The van der Waals surface area contributed by atoms with E-state index in [4.69, 9.17) is 4.74 Å². The molecule has 1 unspecified atom stereocenters. The fraction of sp³-hybridized carbons (Fsp3) is 0.667. The molecule has 4 nitrogen and oxygen atoms in total. The van der Waals surface area contributed by atoms with Gasteiger partial charge in [0.05, 0.1) is 13.2 Å². The SMILES string of the molecule is CC(C)c1cc(N2CCOC(C(F)(F)F)C2)ncn1. The molecule has 2 rings (SSSR count). The Labute approximate surface area is 109 Å². The van der Waals surface area contributed by atoms with Gasteiger partial charge in [0.15, 0.2) is 6.10 Å². The molecule has 1 fully saturated rings. The molecule has 1 saturated heterocycles. The second kappa shape index (κ2) is 5.32. The summed E-state index contributed by atoms with van der Waals surface area (Å²) in [6.07, 6.45) is -4.70. The van der Waals surface area contributed by atoms with E-state index >= 15 is 0 Å². The molecule has 106 valence electrons. The third kappa shape index (κ3) is 3.34. The quantitative estimate of drug-likeness (QED) is 0.830. The Morgan fingerprint density at radius 1 is 1.37 bits per heavy atom. The summed E-state index contributed by atoms with van der Waals surface area (Å²) >= 11 is 0. The summed E-state index contributed by atoms with van der Waals surface area (Å²) in [6, 6.07) is 1.74. The lowest BCUT2D eigenvalue weighted by atomic mass is 10.1. The summed E-state index contributed by atoms with van der Waals surface area (Å²) < 4.78 is 42.7. The summed E-state index contributed by atoms with van der Waals surface area (Å²) in [4.78, 5) is 9.76. The van der Waals surface area contributed by atoms with Crippen LogP contribution in [0.25, 0.3) is 0 Å². The summed E-state index contributed by atoms with van der Waals surface area (Å²) in [6.45, 7) is 4.18. The van der Waals surface area contributed by atoms with Gasteiger partial charge in [-0.3, -0.25) is 0 Å². The van der Waals surface area contributed by atoms with Gasteiger partial charge in [0.2, 0.25) is 0 Å². The number of rotatable bonds is 2. The lowest BCUT2D eigenvalue weighted by Gasteiger charge is -2.34. The number of halogens is 3. The molecule has 1 aliphatic heterocycles. The van der Waals surface area contributed by atoms with Gasteiger partial charge >= 0.3 is 6.18 Å². The van der Waals surface area contributed by atoms with Crippen LogP contribution in [0.3, 0.4) is 0 Å². The van der Waals surface area contributed by atoms with Crippen molar-refractivity contribution in [2.24, 2.45) is 0 Å². The van der Waals surface area contributed by atoms with Crippen LogP contribution in [0.4, 0.5) is 19.0 Å². The maximum absolute atomic E-state index is 12.7. The van der Waals surface area contributed by atoms with Gasteiger partial charge in [-0.15, -0.1) is 0 Å². The smallest absolute Gasteiger partial charge is 0.365 e. The van der Waals surface area contributed by atoms with Crippen molar-refractivity contribution in [2.45, 2.75) is 32.0 Å². The molecule has 1 aromatic rings. The van der Waals surface area contributed by atoms with E-state index in [9.17, 15) is 13.2 Å². The Morgan fingerprint density at radius 2 is 2.11 bits per heavy atom. The first-order chi connectivity index (χ1) is 8.88. The number of morpholine rings is 1. The molecule has 0 aliphatic carbocycles. The van der Waals surface area contributed by atoms with Crippen LogP contribution < -0.4 is 4.90 Å². The molecule has 0 N–H and O–H groups in total. The van der Waals surface area contributed by atoms with E-state index in [-0.39, 0.29) is 19.1 Å². The highest BCUT2D eigenvalue weighted by atomic mass is 19.4. The number of hydrogen-bond acceptors (Lipinski definition) is 4. The van der Waals surface area contributed by atoms with Crippen LogP contribution in [0.5, 0.6) is 0 Å². The summed E-state index contributed by atoms with van der Waals surface area (Å²) in [5.74, 6) is 0.734. The first-order valence-electron chi connectivity index (χ1n) is 6.13. The van der Waals surface area contributed by atoms with Gasteiger partial charge in [0.1, 0.15) is 12.1 Å². The minimum Gasteiger partial charge on any atom is -0.365 e. The van der Waals surface area contributed by atoms with Gasteiger partial charge in [-0.05, 0) is 5.92 Å². The van der Waals surface area contributed by atoms with Gasteiger partial charge in [-0.2, -0.15) is 13.2 Å². The minimum atomic E-state index is -4.34. The highest BCUT2D eigenvalue weighted by Gasteiger charge is 2.43. The van der Waals surface area contributed by atoms with Crippen molar-refractivity contribution in [3.05, 3.63) is 18.1 Å². The lowest BCUT2D eigenvalue weighted by molar-refractivity contribution is -0.221. The van der Waals surface area contributed by atoms with Crippen molar-refractivity contribution in [3.8, 4) is 0 Å². The van der Waals surface area contributed by atoms with Crippen molar-refractivity contribution in [2.75, 3.05) is 24.6 Å². The number of alkyl halides is 3. The average molecular weight is 275 g/mol. The zero-order valence-corrected chi connectivity index (χ0v) is 10.8. The van der Waals surface area contributed by atoms with E-state index in [1.807, 2.05) is 13.8 Å². The monoisotopic (exact) mass is 275 g/mol. The topological polar surface area (TPSA) is 38.2 Å². The van der Waals surface area contributed by atoms with Gasteiger partial charge < -0.3 is 9.64 Å². The zero-order chi connectivity index (χ0) is 14.0. The second-order valence-corrected chi connectivity index (χ2v) is 4.80. The van der Waals surface area contributed by atoms with Crippen LogP contribution in [-0.2, 0) is 4.74 Å². The van der Waals surface area contributed by atoms with Crippen LogP contribution in [-0.4, -0.2) is 41.9 Å². The molecule has 7 heteroatoms. The molecule has 0 bridgehead atoms. The molecule has 0 aromatic carbocycles. The Bertz CT molecular complexity index is 436. The first kappa shape index (κ1) is 14.0. The predicted molar refractivity (Wildman–Crippen MR) is 64.1 cm³/mol. The predicted octanol–water partition coefficient (Wildman–Crippen LogP) is 2.37. The van der Waals surface area contributed by atoms with Gasteiger partial charge in [0.25, 0.3) is 0 Å². The number of aromatic nitrogens is 2. The summed E-state index contributed by atoms with van der Waals surface area (Å²) in [5, 5.41) is 0. The summed E-state index contributed by atoms with van der Waals surface area (Å²) in [5.41, 5.74) is 0.819. The third-order valence-electron chi connectivity index (χ3n) is 3.02. The van der Waals surface area contributed by atoms with Crippen LogP contribution in [0, 0.1) is 0 Å². The second-order valence-electron chi connectivity index (χ2n) is 4.80. The van der Waals surface area contributed by atoms with E-state index in [2.05, 4.69) is 9.97 Å². The van der Waals surface area contributed by atoms with E-state index in [1.165, 1.54) is 6.33 Å². The maximum atomic E-state index is 12.7. The van der Waals surface area contributed by atoms with Crippen molar-refractivity contribution < 1.29 is 17.9 Å². The van der Waals surface area contributed by atoms with Crippen molar-refractivity contribution >= 4 is 5.82 Å². The van der Waals surface area contributed by atoms with Crippen LogP contribution >= 0.6 is 0 Å². The molecular formula is C12H16F3N3O. The molecule has 19 heavy (non-hydrogen) atoms. The molecule has 0 saturated carbocycles. The minimum absolute atomic E-state index is 0.0468.